The van der Waals surface area contributed by atoms with Gasteiger partial charge in [0.05, 0.1) is 44.0 Å². The number of rotatable bonds is 7. The third-order valence-corrected chi connectivity index (χ3v) is 7.25. The highest BCUT2D eigenvalue weighted by Gasteiger charge is 2.34. The highest BCUT2D eigenvalue weighted by Crippen LogP contribution is 2.34. The molecule has 0 aliphatic carbocycles. The summed E-state index contributed by atoms with van der Waals surface area (Å²) in [4.78, 5) is 42.5. The highest BCUT2D eigenvalue weighted by molar-refractivity contribution is 9.10. The third-order valence-electron chi connectivity index (χ3n) is 5.67. The molecular formula is C26H24BrN3O7S. The van der Waals surface area contributed by atoms with Crippen molar-refractivity contribution >= 4 is 45.0 Å². The van der Waals surface area contributed by atoms with Crippen LogP contribution in [0.15, 0.2) is 61.9 Å². The van der Waals surface area contributed by atoms with Crippen molar-refractivity contribution in [3.05, 3.63) is 93.1 Å². The standard InChI is InChI=1S/C26H24BrN3O7S/c1-5-36-18-8-6-15(7-9-18)22-21(25(33)37-13(2)3)14(4)28-26-29(22)24(32)20(38-26)11-16-10-17(30(34)35)12-19(27)23(16)31/h6-13,22,31H,5H2,1-4H3/b20-11+/t22-/m0/s1. The number of fused-ring (bicyclic) bond motifs is 1. The second-order valence-corrected chi connectivity index (χ2v) is 10.5. The minimum atomic E-state index is -0.833. The minimum absolute atomic E-state index is 0.0871. The summed E-state index contributed by atoms with van der Waals surface area (Å²) in [5, 5.41) is 21.8. The van der Waals surface area contributed by atoms with E-state index in [1.54, 1.807) is 45.0 Å². The molecular weight excluding hydrogens is 578 g/mol. The first-order chi connectivity index (χ1) is 18.0. The number of phenolic OH excluding ortho intramolecular Hbond substituents is 1. The van der Waals surface area contributed by atoms with Crippen molar-refractivity contribution in [3.63, 3.8) is 0 Å². The number of nitrogens with zero attached hydrogens (tertiary/aromatic N) is 3. The molecule has 2 aromatic carbocycles. The molecule has 1 aliphatic rings. The lowest BCUT2D eigenvalue weighted by Crippen LogP contribution is -2.40. The zero-order chi connectivity index (χ0) is 27.7. The van der Waals surface area contributed by atoms with Crippen molar-refractivity contribution in [3.8, 4) is 11.5 Å². The van der Waals surface area contributed by atoms with Crippen molar-refractivity contribution in [1.82, 2.24) is 4.57 Å². The van der Waals surface area contributed by atoms with Crippen LogP contribution >= 0.6 is 27.3 Å². The second kappa shape index (κ2) is 10.9. The van der Waals surface area contributed by atoms with Crippen molar-refractivity contribution in [2.24, 2.45) is 4.99 Å². The van der Waals surface area contributed by atoms with Gasteiger partial charge in [0.15, 0.2) is 4.80 Å². The number of carbonyl (C=O) groups is 1. The number of nitro groups is 1. The van der Waals surface area contributed by atoms with Crippen LogP contribution in [0.4, 0.5) is 5.69 Å². The SMILES string of the molecule is CCOc1ccc([C@H]2C(C(=O)OC(C)C)=C(C)N=c3s/c(=C/c4cc([N+](=O)[O-])cc(Br)c4O)c(=O)n32)cc1. The second-order valence-electron chi connectivity index (χ2n) is 8.66. The topological polar surface area (TPSA) is 133 Å². The number of allylic oxidation sites excluding steroid dienone is 1. The summed E-state index contributed by atoms with van der Waals surface area (Å²) in [6.07, 6.45) is 0.987. The third kappa shape index (κ3) is 5.27. The van der Waals surface area contributed by atoms with E-state index in [0.717, 1.165) is 11.3 Å². The number of benzene rings is 2. The number of hydrogen-bond acceptors (Lipinski definition) is 9. The summed E-state index contributed by atoms with van der Waals surface area (Å²) < 4.78 is 12.7. The molecule has 0 amide bonds. The van der Waals surface area contributed by atoms with E-state index in [0.29, 0.717) is 28.4 Å². The lowest BCUT2D eigenvalue weighted by molar-refractivity contribution is -0.385. The summed E-state index contributed by atoms with van der Waals surface area (Å²) in [6.45, 7) is 7.51. The molecule has 1 atom stereocenters. The maximum atomic E-state index is 13.7. The average molecular weight is 602 g/mol. The number of halogens is 1. The number of aromatic hydroxyl groups is 1. The minimum Gasteiger partial charge on any atom is -0.506 e. The van der Waals surface area contributed by atoms with Crippen molar-refractivity contribution in [1.29, 1.82) is 0 Å². The zero-order valence-corrected chi connectivity index (χ0v) is 23.3. The van der Waals surface area contributed by atoms with E-state index in [4.69, 9.17) is 9.47 Å². The normalized spacial score (nSPS) is 15.3. The van der Waals surface area contributed by atoms with Crippen LogP contribution in [0.3, 0.4) is 0 Å². The van der Waals surface area contributed by atoms with Gasteiger partial charge in [0.2, 0.25) is 0 Å². The Labute approximate surface area is 229 Å². The number of aromatic nitrogens is 1. The van der Waals surface area contributed by atoms with E-state index in [1.807, 2.05) is 6.92 Å². The number of thiazole rings is 1. The molecule has 2 heterocycles. The van der Waals surface area contributed by atoms with Gasteiger partial charge in [-0.2, -0.15) is 0 Å². The quantitative estimate of drug-likeness (QED) is 0.246. The molecule has 1 N–H and O–H groups in total. The molecule has 12 heteroatoms. The van der Waals surface area contributed by atoms with Gasteiger partial charge in [-0.3, -0.25) is 19.5 Å². The largest absolute Gasteiger partial charge is 0.506 e. The molecule has 0 radical (unpaired) electrons. The smallest absolute Gasteiger partial charge is 0.338 e. The number of non-ortho nitro benzene ring substituents is 1. The maximum Gasteiger partial charge on any atom is 0.338 e. The summed E-state index contributed by atoms with van der Waals surface area (Å²) in [5.74, 6) is -0.195. The van der Waals surface area contributed by atoms with E-state index in [9.17, 15) is 24.8 Å². The summed E-state index contributed by atoms with van der Waals surface area (Å²) in [6, 6.07) is 8.59. The number of nitro benzene ring substituents is 1. The number of ether oxygens (including phenoxy) is 2. The van der Waals surface area contributed by atoms with Crippen LogP contribution < -0.4 is 19.6 Å². The summed E-state index contributed by atoms with van der Waals surface area (Å²) in [7, 11) is 0. The first-order valence-corrected chi connectivity index (χ1v) is 13.3. The molecule has 1 aromatic heterocycles. The van der Waals surface area contributed by atoms with E-state index >= 15 is 0 Å². The molecule has 1 aliphatic heterocycles. The number of phenols is 1. The molecule has 10 nitrogen and oxygen atoms in total. The van der Waals surface area contributed by atoms with E-state index in [-0.39, 0.29) is 37.7 Å². The Morgan fingerprint density at radius 1 is 1.32 bits per heavy atom. The Morgan fingerprint density at radius 3 is 2.61 bits per heavy atom. The Kier molecular flexibility index (Phi) is 7.83. The molecule has 0 saturated heterocycles. The van der Waals surface area contributed by atoms with E-state index < -0.39 is 22.5 Å². The molecule has 38 heavy (non-hydrogen) atoms. The van der Waals surface area contributed by atoms with Gasteiger partial charge in [0.25, 0.3) is 11.2 Å². The molecule has 3 aromatic rings. The predicted molar refractivity (Wildman–Crippen MR) is 145 cm³/mol. The molecule has 4 rings (SSSR count). The Morgan fingerprint density at radius 2 is 2.00 bits per heavy atom. The van der Waals surface area contributed by atoms with Crippen LogP contribution in [-0.2, 0) is 9.53 Å². The Bertz CT molecular complexity index is 1640. The maximum absolute atomic E-state index is 13.7. The van der Waals surface area contributed by atoms with Crippen LogP contribution in [0.5, 0.6) is 11.5 Å². The number of carbonyl (C=O) groups excluding carboxylic acids is 1. The summed E-state index contributed by atoms with van der Waals surface area (Å²) >= 11 is 4.17. The Hall–Kier alpha value is -3.77. The van der Waals surface area contributed by atoms with Crippen LogP contribution in [0, 0.1) is 10.1 Å². The Balaban J connectivity index is 1.95. The van der Waals surface area contributed by atoms with Crippen molar-refractivity contribution in [2.75, 3.05) is 6.61 Å². The van der Waals surface area contributed by atoms with Gasteiger partial charge < -0.3 is 14.6 Å². The van der Waals surface area contributed by atoms with Gasteiger partial charge in [-0.15, -0.1) is 0 Å². The molecule has 198 valence electrons. The molecule has 0 saturated carbocycles. The number of esters is 1. The predicted octanol–water partition coefficient (Wildman–Crippen LogP) is 3.96. The van der Waals surface area contributed by atoms with Gasteiger partial charge in [-0.05, 0) is 67.4 Å². The first kappa shape index (κ1) is 27.3. The van der Waals surface area contributed by atoms with E-state index in [1.165, 1.54) is 22.8 Å². The molecule has 0 spiro atoms. The van der Waals surface area contributed by atoms with E-state index in [2.05, 4.69) is 20.9 Å². The van der Waals surface area contributed by atoms with Crippen LogP contribution in [-0.4, -0.2) is 33.3 Å². The molecule has 0 bridgehead atoms. The molecule has 0 unspecified atom stereocenters. The van der Waals surface area contributed by atoms with Gasteiger partial charge in [0, 0.05) is 17.7 Å². The van der Waals surface area contributed by atoms with Gasteiger partial charge in [-0.25, -0.2) is 9.79 Å². The fourth-order valence-corrected chi connectivity index (χ4v) is 5.55. The monoisotopic (exact) mass is 601 g/mol. The van der Waals surface area contributed by atoms with Crippen molar-refractivity contribution in [2.45, 2.75) is 39.8 Å². The zero-order valence-electron chi connectivity index (χ0n) is 20.9. The molecule has 0 fully saturated rings. The van der Waals surface area contributed by atoms with Crippen molar-refractivity contribution < 1.29 is 24.3 Å². The fourth-order valence-electron chi connectivity index (χ4n) is 4.05. The highest BCUT2D eigenvalue weighted by atomic mass is 79.9. The fraction of sp³-hybridized carbons (Fsp3) is 0.269. The summed E-state index contributed by atoms with van der Waals surface area (Å²) in [5.41, 5.74) is 0.634. The average Bonchev–Trinajstić information content (AvgIpc) is 3.15. The van der Waals surface area contributed by atoms with Gasteiger partial charge >= 0.3 is 5.97 Å². The van der Waals surface area contributed by atoms with Crippen LogP contribution in [0.2, 0.25) is 0 Å². The lowest BCUT2D eigenvalue weighted by atomic mass is 9.96. The van der Waals surface area contributed by atoms with Gasteiger partial charge in [-0.1, -0.05) is 23.5 Å². The lowest BCUT2D eigenvalue weighted by Gasteiger charge is -2.25. The first-order valence-electron chi connectivity index (χ1n) is 11.6. The number of hydrogen-bond donors (Lipinski definition) is 1. The van der Waals surface area contributed by atoms with Crippen LogP contribution in [0.1, 0.15) is 44.9 Å². The van der Waals surface area contributed by atoms with Gasteiger partial charge in [0.1, 0.15) is 11.5 Å². The van der Waals surface area contributed by atoms with Crippen LogP contribution in [0.25, 0.3) is 6.08 Å².